The lowest BCUT2D eigenvalue weighted by molar-refractivity contribution is -0.139. The molecular formula is C14H20O3. The van der Waals surface area contributed by atoms with Crippen LogP contribution >= 0.6 is 0 Å². The van der Waals surface area contributed by atoms with Crippen molar-refractivity contribution in [1.82, 2.24) is 0 Å². The maximum absolute atomic E-state index is 11.1. The van der Waals surface area contributed by atoms with Gasteiger partial charge >= 0.3 is 5.97 Å². The van der Waals surface area contributed by atoms with Gasteiger partial charge < -0.3 is 9.47 Å². The van der Waals surface area contributed by atoms with Crippen LogP contribution in [0.2, 0.25) is 0 Å². The lowest BCUT2D eigenvalue weighted by atomic mass is 10.1. The highest BCUT2D eigenvalue weighted by molar-refractivity contribution is 5.72. The van der Waals surface area contributed by atoms with Crippen molar-refractivity contribution in [3.05, 3.63) is 35.4 Å². The molecule has 0 saturated heterocycles. The number of hydrogen-bond acceptors (Lipinski definition) is 3. The van der Waals surface area contributed by atoms with Crippen LogP contribution in [0, 0.1) is 0 Å². The van der Waals surface area contributed by atoms with Gasteiger partial charge in [-0.2, -0.15) is 0 Å². The highest BCUT2D eigenvalue weighted by atomic mass is 16.5. The molecule has 0 fully saturated rings. The minimum absolute atomic E-state index is 0.0715. The third-order valence-corrected chi connectivity index (χ3v) is 2.50. The Morgan fingerprint density at radius 3 is 2.24 bits per heavy atom. The fourth-order valence-electron chi connectivity index (χ4n) is 1.63. The lowest BCUT2D eigenvalue weighted by Gasteiger charge is -2.16. The molecule has 0 aliphatic heterocycles. The topological polar surface area (TPSA) is 35.5 Å². The average Bonchev–Trinajstić information content (AvgIpc) is 2.28. The van der Waals surface area contributed by atoms with Crippen LogP contribution in [0.4, 0.5) is 0 Å². The minimum atomic E-state index is -0.218. The standard InChI is InChI=1S/C14H20O3/c1-10(2)17-11(3)13-7-5-12(6-8-13)9-14(15)16-4/h5-8,10-11H,9H2,1-4H3/t11-/m1/s1. The van der Waals surface area contributed by atoms with Crippen LogP contribution < -0.4 is 0 Å². The number of methoxy groups -OCH3 is 1. The van der Waals surface area contributed by atoms with Crippen LogP contribution in [0.5, 0.6) is 0 Å². The average molecular weight is 236 g/mol. The molecule has 1 aromatic rings. The zero-order valence-electron chi connectivity index (χ0n) is 10.9. The molecule has 0 aliphatic rings. The van der Waals surface area contributed by atoms with Crippen LogP contribution in [0.1, 0.15) is 38.0 Å². The molecule has 1 rings (SSSR count). The van der Waals surface area contributed by atoms with E-state index < -0.39 is 0 Å². The third-order valence-electron chi connectivity index (χ3n) is 2.50. The van der Waals surface area contributed by atoms with Gasteiger partial charge in [0.15, 0.2) is 0 Å². The Morgan fingerprint density at radius 2 is 1.76 bits per heavy atom. The van der Waals surface area contributed by atoms with Crippen molar-refractivity contribution < 1.29 is 14.3 Å². The van der Waals surface area contributed by atoms with Crippen molar-refractivity contribution in [1.29, 1.82) is 0 Å². The van der Waals surface area contributed by atoms with Gasteiger partial charge in [0.2, 0.25) is 0 Å². The van der Waals surface area contributed by atoms with Crippen LogP contribution in [0.15, 0.2) is 24.3 Å². The number of carbonyl (C=O) groups excluding carboxylic acids is 1. The summed E-state index contributed by atoms with van der Waals surface area (Å²) in [4.78, 5) is 11.1. The summed E-state index contributed by atoms with van der Waals surface area (Å²) in [5, 5.41) is 0. The second-order valence-electron chi connectivity index (χ2n) is 4.32. The summed E-state index contributed by atoms with van der Waals surface area (Å²) >= 11 is 0. The van der Waals surface area contributed by atoms with E-state index in [9.17, 15) is 4.79 Å². The number of rotatable bonds is 5. The molecule has 17 heavy (non-hydrogen) atoms. The predicted octanol–water partition coefficient (Wildman–Crippen LogP) is 2.89. The molecule has 3 heteroatoms. The Morgan fingerprint density at radius 1 is 1.18 bits per heavy atom. The smallest absolute Gasteiger partial charge is 0.309 e. The van der Waals surface area contributed by atoms with Crippen LogP contribution in [-0.2, 0) is 20.7 Å². The summed E-state index contributed by atoms with van der Waals surface area (Å²) in [6.45, 7) is 6.06. The summed E-state index contributed by atoms with van der Waals surface area (Å²) in [6.07, 6.45) is 0.595. The zero-order valence-corrected chi connectivity index (χ0v) is 10.9. The van der Waals surface area contributed by atoms with Gasteiger partial charge in [0.25, 0.3) is 0 Å². The van der Waals surface area contributed by atoms with Crippen molar-refractivity contribution in [3.63, 3.8) is 0 Å². The highest BCUT2D eigenvalue weighted by Crippen LogP contribution is 2.19. The first-order chi connectivity index (χ1) is 8.02. The minimum Gasteiger partial charge on any atom is -0.469 e. The summed E-state index contributed by atoms with van der Waals surface area (Å²) in [7, 11) is 1.40. The van der Waals surface area contributed by atoms with E-state index in [-0.39, 0.29) is 18.2 Å². The molecule has 94 valence electrons. The van der Waals surface area contributed by atoms with E-state index in [0.717, 1.165) is 11.1 Å². The van der Waals surface area contributed by atoms with Gasteiger partial charge in [-0.25, -0.2) is 0 Å². The Bertz CT molecular complexity index is 354. The van der Waals surface area contributed by atoms with Crippen LogP contribution in [0.3, 0.4) is 0 Å². The molecular weight excluding hydrogens is 216 g/mol. The monoisotopic (exact) mass is 236 g/mol. The fourth-order valence-corrected chi connectivity index (χ4v) is 1.63. The number of benzene rings is 1. The second-order valence-corrected chi connectivity index (χ2v) is 4.32. The molecule has 0 heterocycles. The molecule has 1 atom stereocenters. The van der Waals surface area contributed by atoms with Crippen molar-refractivity contribution in [3.8, 4) is 0 Å². The van der Waals surface area contributed by atoms with E-state index in [4.69, 9.17) is 4.74 Å². The van der Waals surface area contributed by atoms with Crippen LogP contribution in [-0.4, -0.2) is 19.2 Å². The van der Waals surface area contributed by atoms with Gasteiger partial charge in [0.1, 0.15) is 0 Å². The normalized spacial score (nSPS) is 12.5. The zero-order chi connectivity index (χ0) is 12.8. The maximum atomic E-state index is 11.1. The quantitative estimate of drug-likeness (QED) is 0.737. The first-order valence-electron chi connectivity index (χ1n) is 5.84. The summed E-state index contributed by atoms with van der Waals surface area (Å²) in [6, 6.07) is 7.86. The second kappa shape index (κ2) is 6.40. The number of hydrogen-bond donors (Lipinski definition) is 0. The van der Waals surface area contributed by atoms with Crippen molar-refractivity contribution in [2.45, 2.75) is 39.4 Å². The number of carbonyl (C=O) groups is 1. The van der Waals surface area contributed by atoms with Gasteiger partial charge in [-0.15, -0.1) is 0 Å². The Balaban J connectivity index is 2.64. The Kier molecular flexibility index (Phi) is 5.16. The molecule has 0 amide bonds. The lowest BCUT2D eigenvalue weighted by Crippen LogP contribution is -2.08. The number of esters is 1. The largest absolute Gasteiger partial charge is 0.469 e. The SMILES string of the molecule is COC(=O)Cc1ccc([C@@H](C)OC(C)C)cc1. The molecule has 1 aromatic carbocycles. The summed E-state index contributed by atoms with van der Waals surface area (Å²) in [5.74, 6) is -0.218. The first kappa shape index (κ1) is 13.7. The highest BCUT2D eigenvalue weighted by Gasteiger charge is 2.08. The molecule has 0 radical (unpaired) electrons. The van der Waals surface area contributed by atoms with Gasteiger partial charge in [-0.05, 0) is 31.9 Å². The van der Waals surface area contributed by atoms with E-state index in [2.05, 4.69) is 4.74 Å². The van der Waals surface area contributed by atoms with E-state index >= 15 is 0 Å². The molecule has 0 aliphatic carbocycles. The van der Waals surface area contributed by atoms with E-state index in [1.165, 1.54) is 7.11 Å². The summed E-state index contributed by atoms with van der Waals surface area (Å²) < 4.78 is 10.3. The van der Waals surface area contributed by atoms with Gasteiger partial charge in [0, 0.05) is 0 Å². The molecule has 3 nitrogen and oxygen atoms in total. The molecule has 0 bridgehead atoms. The maximum Gasteiger partial charge on any atom is 0.309 e. The molecule has 0 spiro atoms. The Hall–Kier alpha value is -1.35. The third kappa shape index (κ3) is 4.57. The molecule has 0 saturated carbocycles. The van der Waals surface area contributed by atoms with Crippen molar-refractivity contribution in [2.24, 2.45) is 0 Å². The predicted molar refractivity (Wildman–Crippen MR) is 66.8 cm³/mol. The van der Waals surface area contributed by atoms with E-state index in [1.807, 2.05) is 45.0 Å². The van der Waals surface area contributed by atoms with Gasteiger partial charge in [0.05, 0.1) is 25.7 Å². The Labute approximate surface area is 103 Å². The van der Waals surface area contributed by atoms with E-state index in [0.29, 0.717) is 6.42 Å². The van der Waals surface area contributed by atoms with Gasteiger partial charge in [-0.1, -0.05) is 24.3 Å². The van der Waals surface area contributed by atoms with E-state index in [1.54, 1.807) is 0 Å². The number of ether oxygens (including phenoxy) is 2. The van der Waals surface area contributed by atoms with Gasteiger partial charge in [-0.3, -0.25) is 4.79 Å². The van der Waals surface area contributed by atoms with Crippen LogP contribution in [0.25, 0.3) is 0 Å². The molecule has 0 aromatic heterocycles. The molecule has 0 unspecified atom stereocenters. The first-order valence-corrected chi connectivity index (χ1v) is 5.84. The van der Waals surface area contributed by atoms with Crippen molar-refractivity contribution >= 4 is 5.97 Å². The fraction of sp³-hybridized carbons (Fsp3) is 0.500. The molecule has 0 N–H and O–H groups in total. The van der Waals surface area contributed by atoms with Crippen molar-refractivity contribution in [2.75, 3.05) is 7.11 Å². The summed E-state index contributed by atoms with van der Waals surface area (Å²) in [5.41, 5.74) is 2.07.